The standard InChI is InChI=1S/C9H11F3N2O/c1-5-4-14-8(15-9(10,11)12)6(2)7(5)3-13/h4H,3,13H2,1-2H3. The van der Waals surface area contributed by atoms with Crippen LogP contribution in [-0.4, -0.2) is 11.3 Å². The quantitative estimate of drug-likeness (QED) is 0.829. The van der Waals surface area contributed by atoms with Crippen LogP contribution in [0.4, 0.5) is 13.2 Å². The van der Waals surface area contributed by atoms with E-state index in [-0.39, 0.29) is 6.54 Å². The summed E-state index contributed by atoms with van der Waals surface area (Å²) >= 11 is 0. The molecule has 0 saturated heterocycles. The molecule has 0 unspecified atom stereocenters. The van der Waals surface area contributed by atoms with E-state index in [9.17, 15) is 13.2 Å². The Hall–Kier alpha value is -1.30. The van der Waals surface area contributed by atoms with E-state index in [1.165, 1.54) is 13.1 Å². The second kappa shape index (κ2) is 4.06. The SMILES string of the molecule is Cc1cnc(OC(F)(F)F)c(C)c1CN. The summed E-state index contributed by atoms with van der Waals surface area (Å²) in [6.07, 6.45) is -3.41. The molecule has 0 aromatic carbocycles. The van der Waals surface area contributed by atoms with Gasteiger partial charge in [0, 0.05) is 18.3 Å². The molecule has 0 amide bonds. The van der Waals surface area contributed by atoms with Crippen LogP contribution in [0.15, 0.2) is 6.20 Å². The molecule has 0 saturated carbocycles. The van der Waals surface area contributed by atoms with Crippen molar-refractivity contribution in [2.75, 3.05) is 0 Å². The topological polar surface area (TPSA) is 48.1 Å². The van der Waals surface area contributed by atoms with Gasteiger partial charge in [0.1, 0.15) is 0 Å². The van der Waals surface area contributed by atoms with E-state index in [1.54, 1.807) is 6.92 Å². The van der Waals surface area contributed by atoms with Crippen LogP contribution in [0.1, 0.15) is 16.7 Å². The van der Waals surface area contributed by atoms with Crippen molar-refractivity contribution >= 4 is 0 Å². The monoisotopic (exact) mass is 220 g/mol. The molecule has 6 heteroatoms. The average molecular weight is 220 g/mol. The highest BCUT2D eigenvalue weighted by molar-refractivity contribution is 5.38. The summed E-state index contributed by atoms with van der Waals surface area (Å²) in [5.74, 6) is -0.437. The molecule has 2 N–H and O–H groups in total. The van der Waals surface area contributed by atoms with Crippen LogP contribution in [0.2, 0.25) is 0 Å². The third kappa shape index (κ3) is 2.82. The lowest BCUT2D eigenvalue weighted by Gasteiger charge is -2.13. The Morgan fingerprint density at radius 2 is 2.00 bits per heavy atom. The Morgan fingerprint density at radius 3 is 2.47 bits per heavy atom. The number of pyridine rings is 1. The van der Waals surface area contributed by atoms with Gasteiger partial charge in [0.25, 0.3) is 0 Å². The number of ether oxygens (including phenoxy) is 1. The van der Waals surface area contributed by atoms with Crippen molar-refractivity contribution in [3.63, 3.8) is 0 Å². The van der Waals surface area contributed by atoms with Crippen LogP contribution < -0.4 is 10.5 Å². The molecule has 1 aromatic rings. The summed E-state index contributed by atoms with van der Waals surface area (Å²) in [5, 5.41) is 0. The molecule has 0 aliphatic heterocycles. The van der Waals surface area contributed by atoms with Gasteiger partial charge in [-0.1, -0.05) is 0 Å². The first kappa shape index (κ1) is 11.8. The Kier molecular flexibility index (Phi) is 3.18. The predicted octanol–water partition coefficient (Wildman–Crippen LogP) is 2.06. The first-order valence-electron chi connectivity index (χ1n) is 4.26. The third-order valence-electron chi connectivity index (χ3n) is 2.04. The highest BCUT2D eigenvalue weighted by Crippen LogP contribution is 2.26. The molecule has 1 rings (SSSR count). The van der Waals surface area contributed by atoms with Crippen molar-refractivity contribution in [2.24, 2.45) is 5.73 Å². The molecule has 0 bridgehead atoms. The van der Waals surface area contributed by atoms with Gasteiger partial charge in [-0.3, -0.25) is 0 Å². The first-order valence-corrected chi connectivity index (χ1v) is 4.26. The second-order valence-corrected chi connectivity index (χ2v) is 3.10. The fourth-order valence-electron chi connectivity index (χ4n) is 1.28. The number of halogens is 3. The van der Waals surface area contributed by atoms with Crippen LogP contribution in [0.5, 0.6) is 5.88 Å². The Labute approximate surface area is 85.1 Å². The van der Waals surface area contributed by atoms with E-state index < -0.39 is 12.2 Å². The van der Waals surface area contributed by atoms with Gasteiger partial charge in [0.05, 0.1) is 0 Å². The molecular weight excluding hydrogens is 209 g/mol. The van der Waals surface area contributed by atoms with Crippen molar-refractivity contribution in [3.8, 4) is 5.88 Å². The minimum Gasteiger partial charge on any atom is -0.388 e. The molecule has 15 heavy (non-hydrogen) atoms. The largest absolute Gasteiger partial charge is 0.574 e. The number of nitrogens with zero attached hydrogens (tertiary/aromatic N) is 1. The molecule has 0 fully saturated rings. The molecule has 1 heterocycles. The highest BCUT2D eigenvalue weighted by Gasteiger charge is 2.32. The van der Waals surface area contributed by atoms with E-state index in [4.69, 9.17) is 5.73 Å². The lowest BCUT2D eigenvalue weighted by molar-refractivity contribution is -0.276. The number of rotatable bonds is 2. The van der Waals surface area contributed by atoms with Gasteiger partial charge in [-0.15, -0.1) is 13.2 Å². The molecule has 3 nitrogen and oxygen atoms in total. The van der Waals surface area contributed by atoms with Crippen molar-refractivity contribution in [3.05, 3.63) is 22.9 Å². The van der Waals surface area contributed by atoms with Crippen molar-refractivity contribution in [2.45, 2.75) is 26.8 Å². The summed E-state index contributed by atoms with van der Waals surface area (Å²) in [5.41, 5.74) is 7.13. The zero-order valence-electron chi connectivity index (χ0n) is 8.35. The Balaban J connectivity index is 3.11. The first-order chi connectivity index (χ1) is 6.85. The zero-order valence-corrected chi connectivity index (χ0v) is 8.35. The number of hydrogen-bond donors (Lipinski definition) is 1. The Bertz CT molecular complexity index is 363. The molecule has 0 radical (unpaired) electrons. The lowest BCUT2D eigenvalue weighted by Crippen LogP contribution is -2.19. The number of aromatic nitrogens is 1. The third-order valence-corrected chi connectivity index (χ3v) is 2.04. The van der Waals surface area contributed by atoms with Crippen molar-refractivity contribution < 1.29 is 17.9 Å². The fraction of sp³-hybridized carbons (Fsp3) is 0.444. The van der Waals surface area contributed by atoms with E-state index in [1.807, 2.05) is 0 Å². The molecular formula is C9H11F3N2O. The maximum Gasteiger partial charge on any atom is 0.574 e. The molecule has 0 aliphatic rings. The summed E-state index contributed by atoms with van der Waals surface area (Å²) < 4.78 is 39.7. The molecule has 0 spiro atoms. The van der Waals surface area contributed by atoms with Gasteiger partial charge in [-0.05, 0) is 25.0 Å². The lowest BCUT2D eigenvalue weighted by atomic mass is 10.1. The van der Waals surface area contributed by atoms with Crippen LogP contribution in [-0.2, 0) is 6.54 Å². The van der Waals surface area contributed by atoms with Gasteiger partial charge in [0.15, 0.2) is 0 Å². The van der Waals surface area contributed by atoms with Crippen LogP contribution >= 0.6 is 0 Å². The van der Waals surface area contributed by atoms with Crippen molar-refractivity contribution in [1.82, 2.24) is 4.98 Å². The minimum atomic E-state index is -4.72. The number of alkyl halides is 3. The molecule has 0 atom stereocenters. The molecule has 1 aromatic heterocycles. The normalized spacial score (nSPS) is 11.6. The Morgan fingerprint density at radius 1 is 1.40 bits per heavy atom. The van der Waals surface area contributed by atoms with Crippen molar-refractivity contribution in [1.29, 1.82) is 0 Å². The van der Waals surface area contributed by atoms with Crippen LogP contribution in [0.25, 0.3) is 0 Å². The summed E-state index contributed by atoms with van der Waals surface area (Å²) in [7, 11) is 0. The van der Waals surface area contributed by atoms with Crippen LogP contribution in [0, 0.1) is 13.8 Å². The molecule has 0 aliphatic carbocycles. The summed E-state index contributed by atoms with van der Waals surface area (Å²) in [6, 6.07) is 0. The number of aryl methyl sites for hydroxylation is 1. The highest BCUT2D eigenvalue weighted by atomic mass is 19.4. The van der Waals surface area contributed by atoms with E-state index in [2.05, 4.69) is 9.72 Å². The summed E-state index contributed by atoms with van der Waals surface area (Å²) in [6.45, 7) is 3.40. The van der Waals surface area contributed by atoms with Gasteiger partial charge in [-0.25, -0.2) is 4.98 Å². The predicted molar refractivity (Wildman–Crippen MR) is 48.3 cm³/mol. The van der Waals surface area contributed by atoms with Gasteiger partial charge in [0.2, 0.25) is 5.88 Å². The number of hydrogen-bond acceptors (Lipinski definition) is 3. The fourth-order valence-corrected chi connectivity index (χ4v) is 1.28. The smallest absolute Gasteiger partial charge is 0.388 e. The summed E-state index contributed by atoms with van der Waals surface area (Å²) in [4.78, 5) is 3.57. The van der Waals surface area contributed by atoms with Gasteiger partial charge in [-0.2, -0.15) is 0 Å². The molecule has 84 valence electrons. The average Bonchev–Trinajstić information content (AvgIpc) is 2.09. The van der Waals surface area contributed by atoms with Gasteiger partial charge >= 0.3 is 6.36 Å². The van der Waals surface area contributed by atoms with Gasteiger partial charge < -0.3 is 10.5 Å². The number of nitrogens with two attached hydrogens (primary N) is 1. The minimum absolute atomic E-state index is 0.161. The van der Waals surface area contributed by atoms with E-state index in [0.717, 1.165) is 5.56 Å². The maximum absolute atomic E-state index is 12.0. The van der Waals surface area contributed by atoms with E-state index in [0.29, 0.717) is 11.1 Å². The second-order valence-electron chi connectivity index (χ2n) is 3.10. The maximum atomic E-state index is 12.0. The van der Waals surface area contributed by atoms with E-state index >= 15 is 0 Å². The van der Waals surface area contributed by atoms with Crippen LogP contribution in [0.3, 0.4) is 0 Å². The zero-order chi connectivity index (χ0) is 11.6.